The Morgan fingerprint density at radius 1 is 1.23 bits per heavy atom. The summed E-state index contributed by atoms with van der Waals surface area (Å²) in [4.78, 5) is 0. The Kier molecular flexibility index (Phi) is 2.07. The highest BCUT2D eigenvalue weighted by Crippen LogP contribution is 2.22. The Bertz CT molecular complexity index is 482. The van der Waals surface area contributed by atoms with E-state index in [9.17, 15) is 0 Å². The maximum atomic E-state index is 7.82. The minimum Gasteiger partial charge on any atom is -0.497 e. The van der Waals surface area contributed by atoms with E-state index in [0.29, 0.717) is 6.04 Å². The summed E-state index contributed by atoms with van der Waals surface area (Å²) in [7, 11) is 1.64. The Morgan fingerprint density at radius 3 is 2.85 bits per heavy atom. The molecule has 0 aliphatic heterocycles. The minimum atomic E-state index is 0.547. The summed E-state index contributed by atoms with van der Waals surface area (Å²) in [6, 6.07) is 10.3. The number of benzene rings is 2. The second-order valence-corrected chi connectivity index (χ2v) is 4.02. The normalized spacial score (nSPS) is 11.4. The minimum absolute atomic E-state index is 0.547. The van der Waals surface area contributed by atoms with Gasteiger partial charge >= 0.3 is 0 Å². The van der Waals surface area contributed by atoms with Crippen molar-refractivity contribution in [2.45, 2.75) is 0 Å². The fraction of sp³-hybridized carbons (Fsp3) is 0.0909. The number of rotatable bonds is 1. The average Bonchev–Trinajstić information content (AvgIpc) is 2.17. The number of fused-ring (bicyclic) bond motifs is 1. The first-order valence-corrected chi connectivity index (χ1v) is 5.02. The van der Waals surface area contributed by atoms with E-state index in [4.69, 9.17) is 6.11 Å². The van der Waals surface area contributed by atoms with Crippen LogP contribution in [0.4, 0.5) is 0 Å². The molecule has 0 unspecified atom stereocenters. The molecule has 0 saturated carbocycles. The summed E-state index contributed by atoms with van der Waals surface area (Å²) < 4.78 is 14.0. The quantitative estimate of drug-likeness (QED) is 0.729. The third-order valence-corrected chi connectivity index (χ3v) is 2.54. The molecule has 0 radical (unpaired) electrons. The number of hydrogen-bond donors (Lipinski definition) is 0. The molecule has 0 N–H and O–H groups in total. The van der Waals surface area contributed by atoms with Gasteiger partial charge in [-0.2, -0.15) is 0 Å². The monoisotopic (exact) mass is 285 g/mol. The molecular weight excluding hydrogens is 275 g/mol. The van der Waals surface area contributed by atoms with E-state index in [-0.39, 0.29) is 0 Å². The predicted molar refractivity (Wildman–Crippen MR) is 63.2 cm³/mol. The van der Waals surface area contributed by atoms with Gasteiger partial charge in [0.25, 0.3) is 0 Å². The van der Waals surface area contributed by atoms with Crippen molar-refractivity contribution in [2.75, 3.05) is 7.11 Å². The van der Waals surface area contributed by atoms with E-state index in [0.717, 1.165) is 20.1 Å². The van der Waals surface area contributed by atoms with Gasteiger partial charge in [0.1, 0.15) is 5.75 Å². The lowest BCUT2D eigenvalue weighted by Crippen LogP contribution is -1.82. The molecule has 0 fully saturated rings. The molecule has 2 heteroatoms. The molecule has 0 bridgehead atoms. The third-order valence-electron chi connectivity index (χ3n) is 1.92. The van der Waals surface area contributed by atoms with Crippen molar-refractivity contribution in [3.05, 3.63) is 39.9 Å². The van der Waals surface area contributed by atoms with Crippen molar-refractivity contribution in [3.8, 4) is 5.75 Å². The molecule has 1 nitrogen and oxygen atoms in total. The molecule has 2 aromatic rings. The van der Waals surface area contributed by atoms with Gasteiger partial charge in [0.2, 0.25) is 0 Å². The maximum Gasteiger partial charge on any atom is 0.119 e. The lowest BCUT2D eigenvalue weighted by molar-refractivity contribution is 0.415. The topological polar surface area (TPSA) is 9.23 Å². The van der Waals surface area contributed by atoms with E-state index in [1.165, 1.54) is 0 Å². The van der Waals surface area contributed by atoms with Crippen LogP contribution in [0.5, 0.6) is 5.75 Å². The van der Waals surface area contributed by atoms with E-state index in [1.807, 2.05) is 24.3 Å². The lowest BCUT2D eigenvalue weighted by atomic mass is 10.1. The molecule has 0 atom stereocenters. The summed E-state index contributed by atoms with van der Waals surface area (Å²) >= 11 is 2.22. The summed E-state index contributed by atoms with van der Waals surface area (Å²) in [6.07, 6.45) is 0. The first-order chi connectivity index (χ1) is 6.70. The molecule has 0 spiro atoms. The van der Waals surface area contributed by atoms with Crippen LogP contribution in [-0.2, 0) is 0 Å². The molecule has 0 heterocycles. The van der Waals surface area contributed by atoms with Gasteiger partial charge in [-0.3, -0.25) is 0 Å². The molecular formula is C11H9IO. The molecule has 0 amide bonds. The van der Waals surface area contributed by atoms with Crippen LogP contribution in [0.3, 0.4) is 0 Å². The van der Waals surface area contributed by atoms with Gasteiger partial charge in [0.05, 0.1) is 8.48 Å². The maximum absolute atomic E-state index is 7.82. The summed E-state index contributed by atoms with van der Waals surface area (Å²) in [5, 5.41) is 2.02. The molecule has 0 saturated heterocycles. The second kappa shape index (κ2) is 3.54. The zero-order chi connectivity index (χ0) is 10.1. The highest BCUT2D eigenvalue weighted by Gasteiger charge is 1.96. The Labute approximate surface area is 92.3 Å². The zero-order valence-electron chi connectivity index (χ0n) is 8.17. The summed E-state index contributed by atoms with van der Waals surface area (Å²) in [5.41, 5.74) is 0. The van der Waals surface area contributed by atoms with E-state index in [2.05, 4.69) is 28.7 Å². The third kappa shape index (κ3) is 1.77. The SMILES string of the molecule is [2H]c1cc(I)cc2ccc(OC)cc12. The van der Waals surface area contributed by atoms with Gasteiger partial charge in [0, 0.05) is 3.57 Å². The molecule has 2 aromatic carbocycles. The van der Waals surface area contributed by atoms with Crippen molar-refractivity contribution in [3.63, 3.8) is 0 Å². The molecule has 0 aromatic heterocycles. The number of hydrogen-bond acceptors (Lipinski definition) is 1. The van der Waals surface area contributed by atoms with Gasteiger partial charge in [-0.15, -0.1) is 0 Å². The van der Waals surface area contributed by atoms with E-state index >= 15 is 0 Å². The van der Waals surface area contributed by atoms with Gasteiger partial charge in [-0.25, -0.2) is 0 Å². The first-order valence-electron chi connectivity index (χ1n) is 4.44. The van der Waals surface area contributed by atoms with Gasteiger partial charge in [-0.1, -0.05) is 12.1 Å². The van der Waals surface area contributed by atoms with Crippen molar-refractivity contribution in [1.29, 1.82) is 0 Å². The predicted octanol–water partition coefficient (Wildman–Crippen LogP) is 3.45. The summed E-state index contributed by atoms with van der Waals surface area (Å²) in [5.74, 6) is 0.798. The second-order valence-electron chi connectivity index (χ2n) is 2.77. The average molecular weight is 285 g/mol. The van der Waals surface area contributed by atoms with Crippen molar-refractivity contribution < 1.29 is 6.11 Å². The van der Waals surface area contributed by atoms with Gasteiger partial charge < -0.3 is 4.74 Å². The Balaban J connectivity index is 2.75. The Hall–Kier alpha value is -0.770. The van der Waals surface area contributed by atoms with Crippen molar-refractivity contribution in [2.24, 2.45) is 0 Å². The standard InChI is InChI=1S/C11H9IO/c1-13-11-5-3-8-6-10(12)4-2-9(8)7-11/h2-7H,1H3/i2D. The van der Waals surface area contributed by atoms with Crippen LogP contribution < -0.4 is 4.74 Å². The van der Waals surface area contributed by atoms with Crippen molar-refractivity contribution in [1.82, 2.24) is 0 Å². The van der Waals surface area contributed by atoms with Crippen LogP contribution in [0, 0.1) is 3.57 Å². The lowest BCUT2D eigenvalue weighted by Gasteiger charge is -2.02. The highest BCUT2D eigenvalue weighted by atomic mass is 127. The molecule has 0 aliphatic carbocycles. The zero-order valence-corrected chi connectivity index (χ0v) is 9.33. The van der Waals surface area contributed by atoms with Gasteiger partial charge in [0.15, 0.2) is 0 Å². The largest absolute Gasteiger partial charge is 0.497 e. The van der Waals surface area contributed by atoms with Crippen LogP contribution >= 0.6 is 22.6 Å². The van der Waals surface area contributed by atoms with E-state index in [1.54, 1.807) is 7.11 Å². The van der Waals surface area contributed by atoms with Gasteiger partial charge in [-0.05, 0) is 57.6 Å². The number of methoxy groups -OCH3 is 1. The first kappa shape index (κ1) is 7.62. The van der Waals surface area contributed by atoms with Crippen LogP contribution in [-0.4, -0.2) is 7.11 Å². The molecule has 13 heavy (non-hydrogen) atoms. The van der Waals surface area contributed by atoms with Crippen LogP contribution in [0.2, 0.25) is 0 Å². The van der Waals surface area contributed by atoms with Crippen molar-refractivity contribution >= 4 is 33.4 Å². The van der Waals surface area contributed by atoms with Crippen LogP contribution in [0.1, 0.15) is 1.37 Å². The van der Waals surface area contributed by atoms with E-state index < -0.39 is 0 Å². The van der Waals surface area contributed by atoms with Crippen LogP contribution in [0.25, 0.3) is 10.8 Å². The molecule has 2 rings (SSSR count). The molecule has 0 aliphatic rings. The summed E-state index contributed by atoms with van der Waals surface area (Å²) in [6.45, 7) is 0. The fourth-order valence-electron chi connectivity index (χ4n) is 1.25. The number of ether oxygens (including phenoxy) is 1. The smallest absolute Gasteiger partial charge is 0.119 e. The fourth-order valence-corrected chi connectivity index (χ4v) is 1.74. The highest BCUT2D eigenvalue weighted by molar-refractivity contribution is 14.1. The Morgan fingerprint density at radius 2 is 2.08 bits per heavy atom. The number of halogens is 1. The molecule has 66 valence electrons. The van der Waals surface area contributed by atoms with Crippen LogP contribution in [0.15, 0.2) is 36.4 Å².